The molecule has 2 N–H and O–H groups in total. The average molecular weight is 358 g/mol. The number of carbonyl (C=O) groups excluding carboxylic acids is 2. The van der Waals surface area contributed by atoms with Crippen LogP contribution in [0.15, 0.2) is 42.5 Å². The lowest BCUT2D eigenvalue weighted by Gasteiger charge is -2.06. The highest BCUT2D eigenvalue weighted by atomic mass is 35.5. The molecule has 1 aliphatic heterocycles. The number of carbonyl (C=O) groups is 3. The molecule has 25 heavy (non-hydrogen) atoms. The number of carboxylic acid groups (broad SMARTS) is 1. The van der Waals surface area contributed by atoms with Crippen molar-refractivity contribution in [3.63, 3.8) is 0 Å². The van der Waals surface area contributed by atoms with Crippen molar-refractivity contribution in [2.24, 2.45) is 0 Å². The van der Waals surface area contributed by atoms with E-state index < -0.39 is 17.8 Å². The molecular weight excluding hydrogens is 346 g/mol. The van der Waals surface area contributed by atoms with Gasteiger partial charge in [-0.15, -0.1) is 0 Å². The Labute approximate surface area is 147 Å². The summed E-state index contributed by atoms with van der Waals surface area (Å²) in [6, 6.07) is 10.6. The lowest BCUT2D eigenvalue weighted by molar-refractivity contribution is -0.110. The van der Waals surface area contributed by atoms with Crippen LogP contribution in [0.5, 0.6) is 0 Å². The largest absolute Gasteiger partial charge is 0.478 e. The number of hydrogen-bond donors (Lipinski definition) is 2. The summed E-state index contributed by atoms with van der Waals surface area (Å²) >= 11 is 6.39. The second kappa shape index (κ2) is 6.41. The summed E-state index contributed by atoms with van der Waals surface area (Å²) in [5.41, 5.74) is 2.03. The smallest absolute Gasteiger partial charge is 0.337 e. The van der Waals surface area contributed by atoms with Gasteiger partial charge in [0.1, 0.15) is 0 Å². The Morgan fingerprint density at radius 1 is 1.04 bits per heavy atom. The number of carboxylic acids is 1. The molecule has 0 fully saturated rings. The first-order valence-electron chi connectivity index (χ1n) is 7.20. The van der Waals surface area contributed by atoms with Crippen molar-refractivity contribution in [3.05, 3.63) is 64.7 Å². The number of aromatic carboxylic acids is 1. The fraction of sp³-hybridized carbons (Fsp3) is 0.0556. The van der Waals surface area contributed by atoms with E-state index >= 15 is 0 Å². The fourth-order valence-electron chi connectivity index (χ4n) is 2.53. The van der Waals surface area contributed by atoms with E-state index in [1.807, 2.05) is 0 Å². The molecule has 126 valence electrons. The van der Waals surface area contributed by atoms with E-state index in [2.05, 4.69) is 10.1 Å². The van der Waals surface area contributed by atoms with E-state index in [1.54, 1.807) is 12.1 Å². The quantitative estimate of drug-likeness (QED) is 0.650. The summed E-state index contributed by atoms with van der Waals surface area (Å²) in [6.45, 7) is 0. The summed E-state index contributed by atoms with van der Waals surface area (Å²) < 4.78 is 4.63. The second-order valence-electron chi connectivity index (χ2n) is 5.28. The Hall–Kier alpha value is -3.12. The number of esters is 1. The molecular formula is C18H12ClNO5. The summed E-state index contributed by atoms with van der Waals surface area (Å²) in [7, 11) is 1.28. The van der Waals surface area contributed by atoms with Gasteiger partial charge in [-0.2, -0.15) is 0 Å². The molecule has 0 spiro atoms. The molecule has 0 saturated heterocycles. The predicted molar refractivity (Wildman–Crippen MR) is 92.5 cm³/mol. The van der Waals surface area contributed by atoms with Gasteiger partial charge in [0, 0.05) is 11.3 Å². The minimum Gasteiger partial charge on any atom is -0.478 e. The van der Waals surface area contributed by atoms with E-state index in [1.165, 1.54) is 37.4 Å². The monoisotopic (exact) mass is 357 g/mol. The zero-order chi connectivity index (χ0) is 18.1. The van der Waals surface area contributed by atoms with Gasteiger partial charge in [0.25, 0.3) is 5.91 Å². The van der Waals surface area contributed by atoms with Gasteiger partial charge in [-0.05, 0) is 35.9 Å². The first kappa shape index (κ1) is 16.7. The van der Waals surface area contributed by atoms with Gasteiger partial charge in [0.2, 0.25) is 0 Å². The molecule has 0 unspecified atom stereocenters. The third-order valence-corrected chi connectivity index (χ3v) is 4.20. The van der Waals surface area contributed by atoms with E-state index in [4.69, 9.17) is 16.7 Å². The zero-order valence-corrected chi connectivity index (χ0v) is 13.8. The number of rotatable bonds is 3. The van der Waals surface area contributed by atoms with Gasteiger partial charge < -0.3 is 15.2 Å². The highest BCUT2D eigenvalue weighted by Crippen LogP contribution is 2.39. The predicted octanol–water partition coefficient (Wildman–Crippen LogP) is 3.23. The lowest BCUT2D eigenvalue weighted by atomic mass is 10.0. The number of ether oxygens (including phenoxy) is 1. The number of anilines is 1. The molecule has 0 radical (unpaired) electrons. The van der Waals surface area contributed by atoms with E-state index in [0.717, 1.165) is 0 Å². The minimum absolute atomic E-state index is 0.0539. The maximum Gasteiger partial charge on any atom is 0.337 e. The van der Waals surface area contributed by atoms with Crippen LogP contribution in [-0.4, -0.2) is 30.1 Å². The SMILES string of the molecule is COC(=O)c1ccc(/C(Cl)=C2/C(=O)Nc3ccc(C(=O)O)cc32)cc1. The van der Waals surface area contributed by atoms with Crippen LogP contribution in [0.25, 0.3) is 10.6 Å². The Morgan fingerprint density at radius 2 is 1.64 bits per heavy atom. The molecule has 1 amide bonds. The number of benzene rings is 2. The molecule has 1 heterocycles. The summed E-state index contributed by atoms with van der Waals surface area (Å²) in [6.07, 6.45) is 0. The van der Waals surface area contributed by atoms with Crippen LogP contribution in [0.2, 0.25) is 0 Å². The lowest BCUT2D eigenvalue weighted by Crippen LogP contribution is -2.05. The standard InChI is InChI=1S/C18H12ClNO5/c1-25-18(24)10-4-2-9(3-5-10)15(19)14-12-8-11(17(22)23)6-7-13(12)20-16(14)21/h2-8H,1H3,(H,20,21)(H,22,23)/b15-14-. The van der Waals surface area contributed by atoms with Gasteiger partial charge in [0.15, 0.2) is 0 Å². The number of methoxy groups -OCH3 is 1. The molecule has 0 bridgehead atoms. The van der Waals surface area contributed by atoms with Crippen LogP contribution in [0, 0.1) is 0 Å². The number of nitrogens with one attached hydrogen (secondary N) is 1. The zero-order valence-electron chi connectivity index (χ0n) is 13.0. The van der Waals surface area contributed by atoms with Crippen molar-refractivity contribution in [3.8, 4) is 0 Å². The maximum atomic E-state index is 12.3. The van der Waals surface area contributed by atoms with E-state index in [0.29, 0.717) is 22.4 Å². The van der Waals surface area contributed by atoms with Crippen LogP contribution in [0.4, 0.5) is 5.69 Å². The third-order valence-electron chi connectivity index (χ3n) is 3.79. The van der Waals surface area contributed by atoms with Gasteiger partial charge >= 0.3 is 11.9 Å². The van der Waals surface area contributed by atoms with Crippen molar-refractivity contribution in [2.75, 3.05) is 12.4 Å². The first-order valence-corrected chi connectivity index (χ1v) is 7.57. The summed E-state index contributed by atoms with van der Waals surface area (Å²) in [4.78, 5) is 34.9. The number of amides is 1. The van der Waals surface area contributed by atoms with Gasteiger partial charge in [-0.3, -0.25) is 4.79 Å². The normalized spacial score (nSPS) is 14.6. The molecule has 6 nitrogen and oxygen atoms in total. The van der Waals surface area contributed by atoms with Crippen LogP contribution in [0.3, 0.4) is 0 Å². The molecule has 2 aromatic rings. The number of fused-ring (bicyclic) bond motifs is 1. The first-order chi connectivity index (χ1) is 11.9. The molecule has 1 aliphatic rings. The number of hydrogen-bond acceptors (Lipinski definition) is 4. The minimum atomic E-state index is -1.10. The van der Waals surface area contributed by atoms with Crippen LogP contribution < -0.4 is 5.32 Å². The van der Waals surface area contributed by atoms with Crippen molar-refractivity contribution in [2.45, 2.75) is 0 Å². The Kier molecular flexibility index (Phi) is 4.29. The van der Waals surface area contributed by atoms with Gasteiger partial charge in [-0.1, -0.05) is 23.7 Å². The van der Waals surface area contributed by atoms with Crippen molar-refractivity contribution < 1.29 is 24.2 Å². The van der Waals surface area contributed by atoms with Crippen molar-refractivity contribution >= 4 is 45.7 Å². The molecule has 0 aliphatic carbocycles. The Bertz CT molecular complexity index is 931. The fourth-order valence-corrected chi connectivity index (χ4v) is 2.85. The highest BCUT2D eigenvalue weighted by molar-refractivity contribution is 6.59. The van der Waals surface area contributed by atoms with Crippen LogP contribution in [-0.2, 0) is 9.53 Å². The summed E-state index contributed by atoms with van der Waals surface area (Å²) in [5, 5.41) is 11.9. The van der Waals surface area contributed by atoms with Gasteiger partial charge in [0.05, 0.1) is 28.8 Å². The Balaban J connectivity index is 2.08. The number of halogens is 1. The van der Waals surface area contributed by atoms with Crippen LogP contribution >= 0.6 is 11.6 Å². The maximum absolute atomic E-state index is 12.3. The van der Waals surface area contributed by atoms with E-state index in [9.17, 15) is 14.4 Å². The molecule has 0 aromatic heterocycles. The highest BCUT2D eigenvalue weighted by Gasteiger charge is 2.28. The van der Waals surface area contributed by atoms with Gasteiger partial charge in [-0.25, -0.2) is 9.59 Å². The third kappa shape index (κ3) is 2.99. The molecule has 3 rings (SSSR count). The van der Waals surface area contributed by atoms with Crippen LogP contribution in [0.1, 0.15) is 31.8 Å². The Morgan fingerprint density at radius 3 is 2.24 bits per heavy atom. The second-order valence-corrected chi connectivity index (χ2v) is 5.66. The molecule has 0 atom stereocenters. The van der Waals surface area contributed by atoms with Crippen molar-refractivity contribution in [1.29, 1.82) is 0 Å². The molecule has 7 heteroatoms. The topological polar surface area (TPSA) is 92.7 Å². The molecule has 2 aromatic carbocycles. The van der Waals surface area contributed by atoms with E-state index in [-0.39, 0.29) is 16.2 Å². The summed E-state index contributed by atoms with van der Waals surface area (Å²) in [5.74, 6) is -2.00. The van der Waals surface area contributed by atoms with Crippen molar-refractivity contribution in [1.82, 2.24) is 0 Å². The average Bonchev–Trinajstić information content (AvgIpc) is 2.95. The molecule has 0 saturated carbocycles.